The number of carbonyl (C=O) groups is 1. The van der Waals surface area contributed by atoms with E-state index < -0.39 is 38.9 Å². The molecule has 0 atom stereocenters. The molecule has 0 aliphatic carbocycles. The van der Waals surface area contributed by atoms with E-state index in [1.54, 1.807) is 6.20 Å². The number of halogens is 2. The number of hydrogen-bond donors (Lipinski definition) is 2. The summed E-state index contributed by atoms with van der Waals surface area (Å²) in [6.07, 6.45) is 3.02. The van der Waals surface area contributed by atoms with Crippen LogP contribution in [0.5, 0.6) is 0 Å². The Balaban J connectivity index is 1.88. The number of aromatic nitrogens is 3. The molecule has 0 saturated carbocycles. The van der Waals surface area contributed by atoms with Crippen LogP contribution in [-0.4, -0.2) is 34.5 Å². The predicted molar refractivity (Wildman–Crippen MR) is 85.5 cm³/mol. The van der Waals surface area contributed by atoms with E-state index in [2.05, 4.69) is 10.3 Å². The van der Waals surface area contributed by atoms with Crippen molar-refractivity contribution >= 4 is 21.7 Å². The zero-order valence-corrected chi connectivity index (χ0v) is 13.6. The first-order valence-corrected chi connectivity index (χ1v) is 8.48. The van der Waals surface area contributed by atoms with Crippen LogP contribution in [-0.2, 0) is 10.0 Å². The predicted octanol–water partition coefficient (Wildman–Crippen LogP) is 2.04. The summed E-state index contributed by atoms with van der Waals surface area (Å²) in [4.78, 5) is 10.6. The maximum absolute atomic E-state index is 13.7. The molecule has 134 valence electrons. The summed E-state index contributed by atoms with van der Waals surface area (Å²) in [7, 11) is -4.14. The second-order valence-electron chi connectivity index (χ2n) is 5.07. The average Bonchev–Trinajstić information content (AvgIpc) is 3.08. The zero-order valence-electron chi connectivity index (χ0n) is 12.8. The molecule has 3 aromatic rings. The minimum absolute atomic E-state index is 0.163. The van der Waals surface area contributed by atoms with Gasteiger partial charge in [-0.2, -0.15) is 0 Å². The fraction of sp³-hybridized carbons (Fsp3) is 0. The molecular formula is C15H10F2N4O4S. The third-order valence-electron chi connectivity index (χ3n) is 3.34. The Bertz CT molecular complexity index is 1040. The van der Waals surface area contributed by atoms with Gasteiger partial charge in [0.1, 0.15) is 17.2 Å². The molecular weight excluding hydrogens is 370 g/mol. The molecule has 2 aromatic carbocycles. The van der Waals surface area contributed by atoms with Gasteiger partial charge in [-0.3, -0.25) is 4.72 Å². The summed E-state index contributed by atoms with van der Waals surface area (Å²) in [5.74, 6) is -4.58. The van der Waals surface area contributed by atoms with E-state index in [9.17, 15) is 22.0 Å². The van der Waals surface area contributed by atoms with Crippen LogP contribution in [0.4, 0.5) is 14.5 Å². The minimum atomic E-state index is -4.14. The van der Waals surface area contributed by atoms with Crippen LogP contribution < -0.4 is 4.72 Å². The van der Waals surface area contributed by atoms with Crippen molar-refractivity contribution in [3.63, 3.8) is 0 Å². The fourth-order valence-electron chi connectivity index (χ4n) is 2.17. The van der Waals surface area contributed by atoms with Crippen molar-refractivity contribution in [1.29, 1.82) is 0 Å². The number of anilines is 1. The maximum Gasteiger partial charge on any atom is 0.341 e. The quantitative estimate of drug-likeness (QED) is 0.700. The summed E-state index contributed by atoms with van der Waals surface area (Å²) in [5.41, 5.74) is -1.04. The van der Waals surface area contributed by atoms with Gasteiger partial charge in [0.05, 0.1) is 28.7 Å². The van der Waals surface area contributed by atoms with Crippen molar-refractivity contribution in [2.45, 2.75) is 4.90 Å². The van der Waals surface area contributed by atoms with Crippen molar-refractivity contribution in [2.75, 3.05) is 4.72 Å². The van der Waals surface area contributed by atoms with Gasteiger partial charge < -0.3 is 5.11 Å². The normalized spacial score (nSPS) is 11.3. The van der Waals surface area contributed by atoms with E-state index in [0.717, 1.165) is 0 Å². The highest BCUT2D eigenvalue weighted by Crippen LogP contribution is 2.22. The van der Waals surface area contributed by atoms with E-state index in [1.165, 1.54) is 35.1 Å². The summed E-state index contributed by atoms with van der Waals surface area (Å²) < 4.78 is 55.4. The zero-order chi connectivity index (χ0) is 18.9. The molecule has 3 rings (SSSR count). The Kier molecular flexibility index (Phi) is 4.38. The van der Waals surface area contributed by atoms with E-state index >= 15 is 0 Å². The second-order valence-corrected chi connectivity index (χ2v) is 6.75. The lowest BCUT2D eigenvalue weighted by molar-refractivity contribution is 0.0686. The highest BCUT2D eigenvalue weighted by atomic mass is 32.2. The van der Waals surface area contributed by atoms with Gasteiger partial charge in [0.15, 0.2) is 0 Å². The molecule has 1 aromatic heterocycles. The van der Waals surface area contributed by atoms with Gasteiger partial charge in [0.25, 0.3) is 10.0 Å². The molecule has 0 saturated heterocycles. The second kappa shape index (κ2) is 6.52. The van der Waals surface area contributed by atoms with Gasteiger partial charge >= 0.3 is 5.97 Å². The van der Waals surface area contributed by atoms with Crippen molar-refractivity contribution in [2.24, 2.45) is 0 Å². The number of sulfonamides is 1. The van der Waals surface area contributed by atoms with Crippen molar-refractivity contribution < 1.29 is 27.1 Å². The third-order valence-corrected chi connectivity index (χ3v) is 4.74. The first-order chi connectivity index (χ1) is 12.3. The molecule has 0 aliphatic heterocycles. The highest BCUT2D eigenvalue weighted by Gasteiger charge is 2.20. The third kappa shape index (κ3) is 3.37. The van der Waals surface area contributed by atoms with Crippen LogP contribution >= 0.6 is 0 Å². The standard InChI is InChI=1S/C15H10F2N4O4S/c16-12-7-9(8-13(17)14(12)15(22)23)19-26(24,25)11-3-1-10(2-4-11)21-6-5-18-20-21/h1-8,19H,(H,22,23). The number of benzene rings is 2. The van der Waals surface area contributed by atoms with E-state index in [-0.39, 0.29) is 4.90 Å². The van der Waals surface area contributed by atoms with Crippen LogP contribution in [0.3, 0.4) is 0 Å². The molecule has 0 radical (unpaired) electrons. The summed E-state index contributed by atoms with van der Waals surface area (Å²) >= 11 is 0. The molecule has 0 fully saturated rings. The molecule has 0 spiro atoms. The van der Waals surface area contributed by atoms with E-state index in [4.69, 9.17) is 5.11 Å². The van der Waals surface area contributed by atoms with Crippen LogP contribution in [0.2, 0.25) is 0 Å². The SMILES string of the molecule is O=C(O)c1c(F)cc(NS(=O)(=O)c2ccc(-n3ccnn3)cc2)cc1F. The molecule has 11 heteroatoms. The molecule has 0 bridgehead atoms. The van der Waals surface area contributed by atoms with Gasteiger partial charge in [-0.1, -0.05) is 5.21 Å². The van der Waals surface area contributed by atoms with Crippen LogP contribution in [0.25, 0.3) is 5.69 Å². The lowest BCUT2D eigenvalue weighted by atomic mass is 10.2. The number of aromatic carboxylic acids is 1. The number of carboxylic acids is 1. The Hall–Kier alpha value is -3.34. The molecule has 0 aliphatic rings. The van der Waals surface area contributed by atoms with Crippen molar-refractivity contribution in [1.82, 2.24) is 15.0 Å². The van der Waals surface area contributed by atoms with Gasteiger partial charge in [-0.05, 0) is 36.4 Å². The monoisotopic (exact) mass is 380 g/mol. The largest absolute Gasteiger partial charge is 0.477 e. The molecule has 1 heterocycles. The van der Waals surface area contributed by atoms with Crippen LogP contribution in [0.15, 0.2) is 53.7 Å². The minimum Gasteiger partial charge on any atom is -0.477 e. The first-order valence-electron chi connectivity index (χ1n) is 7.00. The summed E-state index contributed by atoms with van der Waals surface area (Å²) in [5, 5.41) is 16.1. The lowest BCUT2D eigenvalue weighted by Crippen LogP contribution is -2.14. The number of hydrogen-bond acceptors (Lipinski definition) is 5. The molecule has 8 nitrogen and oxygen atoms in total. The first kappa shape index (κ1) is 17.5. The van der Waals surface area contributed by atoms with Gasteiger partial charge in [0, 0.05) is 0 Å². The number of nitrogens with zero attached hydrogens (tertiary/aromatic N) is 3. The molecule has 26 heavy (non-hydrogen) atoms. The molecule has 0 unspecified atom stereocenters. The number of nitrogens with one attached hydrogen (secondary N) is 1. The Morgan fingerprint density at radius 2 is 1.73 bits per heavy atom. The topological polar surface area (TPSA) is 114 Å². The lowest BCUT2D eigenvalue weighted by Gasteiger charge is -2.10. The van der Waals surface area contributed by atoms with Crippen molar-refractivity contribution in [3.8, 4) is 5.69 Å². The smallest absolute Gasteiger partial charge is 0.341 e. The van der Waals surface area contributed by atoms with Gasteiger partial charge in [-0.25, -0.2) is 26.7 Å². The summed E-state index contributed by atoms with van der Waals surface area (Å²) in [6.45, 7) is 0. The Labute approximate surface area is 145 Å². The number of carboxylic acid groups (broad SMARTS) is 1. The van der Waals surface area contributed by atoms with Gasteiger partial charge in [0.2, 0.25) is 0 Å². The number of rotatable bonds is 5. The fourth-order valence-corrected chi connectivity index (χ4v) is 3.21. The van der Waals surface area contributed by atoms with Gasteiger partial charge in [-0.15, -0.1) is 5.10 Å². The highest BCUT2D eigenvalue weighted by molar-refractivity contribution is 7.92. The molecule has 2 N–H and O–H groups in total. The van der Waals surface area contributed by atoms with E-state index in [0.29, 0.717) is 17.8 Å². The van der Waals surface area contributed by atoms with Crippen molar-refractivity contribution in [3.05, 3.63) is 66.0 Å². The maximum atomic E-state index is 13.7. The molecule has 0 amide bonds. The van der Waals surface area contributed by atoms with Crippen LogP contribution in [0.1, 0.15) is 10.4 Å². The Morgan fingerprint density at radius 3 is 2.23 bits per heavy atom. The summed E-state index contributed by atoms with van der Waals surface area (Å²) in [6, 6.07) is 6.67. The van der Waals surface area contributed by atoms with Crippen LogP contribution in [0, 0.1) is 11.6 Å². The van der Waals surface area contributed by atoms with E-state index in [1.807, 2.05) is 4.72 Å². The Morgan fingerprint density at radius 1 is 1.12 bits per heavy atom. The average molecular weight is 380 g/mol.